The average molecular weight is 416 g/mol. The number of hydrogen-bond donors (Lipinski definition) is 1. The van der Waals surface area contributed by atoms with Crippen molar-refractivity contribution in [1.82, 2.24) is 4.31 Å². The van der Waals surface area contributed by atoms with E-state index in [4.69, 9.17) is 4.74 Å². The number of benzene rings is 2. The Morgan fingerprint density at radius 1 is 1.10 bits per heavy atom. The summed E-state index contributed by atoms with van der Waals surface area (Å²) >= 11 is 0. The lowest BCUT2D eigenvalue weighted by Crippen LogP contribution is -2.45. The number of rotatable bonds is 5. The fourth-order valence-corrected chi connectivity index (χ4v) is 4.72. The van der Waals surface area contributed by atoms with Crippen LogP contribution in [-0.2, 0) is 24.3 Å². The van der Waals surface area contributed by atoms with Gasteiger partial charge in [-0.05, 0) is 37.6 Å². The highest BCUT2D eigenvalue weighted by Gasteiger charge is 2.44. The first-order valence-electron chi connectivity index (χ1n) is 8.88. The number of aryl methyl sites for hydroxylation is 1. The van der Waals surface area contributed by atoms with Gasteiger partial charge in [-0.15, -0.1) is 0 Å². The standard InChI is InChI=1S/C20H20N2O6S/c1-13-7-9-14(10-8-13)29(26,27)22-17(11-12-18(22)23)19(24)21-16-6-4-3-5-15(16)20(25)28-2/h3-10,17H,11-12H2,1-2H3,(H,21,24)/t17-/m0/s1. The minimum Gasteiger partial charge on any atom is -0.465 e. The Morgan fingerprint density at radius 2 is 1.76 bits per heavy atom. The third-order valence-electron chi connectivity index (χ3n) is 4.63. The maximum atomic E-state index is 13.0. The molecule has 3 rings (SSSR count). The summed E-state index contributed by atoms with van der Waals surface area (Å²) in [5.74, 6) is -1.98. The van der Waals surface area contributed by atoms with Crippen molar-refractivity contribution in [2.45, 2.75) is 30.7 Å². The van der Waals surface area contributed by atoms with Crippen LogP contribution in [0.3, 0.4) is 0 Å². The Morgan fingerprint density at radius 3 is 2.41 bits per heavy atom. The highest BCUT2D eigenvalue weighted by molar-refractivity contribution is 7.89. The number of anilines is 1. The van der Waals surface area contributed by atoms with Gasteiger partial charge >= 0.3 is 5.97 Å². The first-order valence-corrected chi connectivity index (χ1v) is 10.3. The molecular weight excluding hydrogens is 396 g/mol. The van der Waals surface area contributed by atoms with Gasteiger partial charge in [0.25, 0.3) is 10.0 Å². The van der Waals surface area contributed by atoms with Crippen molar-refractivity contribution in [3.8, 4) is 0 Å². The van der Waals surface area contributed by atoms with Crippen molar-refractivity contribution in [2.75, 3.05) is 12.4 Å². The third kappa shape index (κ3) is 4.00. The molecule has 0 aliphatic carbocycles. The number of carbonyl (C=O) groups is 3. The molecule has 1 atom stereocenters. The van der Waals surface area contributed by atoms with Crippen LogP contribution in [0.2, 0.25) is 0 Å². The first-order chi connectivity index (χ1) is 13.8. The topological polar surface area (TPSA) is 110 Å². The molecule has 1 saturated heterocycles. The molecular formula is C20H20N2O6S. The van der Waals surface area contributed by atoms with E-state index in [1.54, 1.807) is 24.3 Å². The van der Waals surface area contributed by atoms with Gasteiger partial charge in [0.1, 0.15) is 6.04 Å². The summed E-state index contributed by atoms with van der Waals surface area (Å²) in [6.07, 6.45) is -0.0159. The van der Waals surface area contributed by atoms with Gasteiger partial charge in [0.2, 0.25) is 11.8 Å². The number of esters is 1. The van der Waals surface area contributed by atoms with Crippen molar-refractivity contribution < 1.29 is 27.5 Å². The third-order valence-corrected chi connectivity index (χ3v) is 6.48. The van der Waals surface area contributed by atoms with Crippen LogP contribution < -0.4 is 5.32 Å². The molecule has 2 aromatic carbocycles. The summed E-state index contributed by atoms with van der Waals surface area (Å²) < 4.78 is 31.3. The average Bonchev–Trinajstić information content (AvgIpc) is 3.10. The zero-order valence-electron chi connectivity index (χ0n) is 15.9. The van der Waals surface area contributed by atoms with Crippen molar-refractivity contribution in [3.05, 3.63) is 59.7 Å². The Labute approximate surface area is 168 Å². The monoisotopic (exact) mass is 416 g/mol. The summed E-state index contributed by atoms with van der Waals surface area (Å²) in [6.45, 7) is 1.81. The van der Waals surface area contributed by atoms with Crippen molar-refractivity contribution in [2.24, 2.45) is 0 Å². The fraction of sp³-hybridized carbons (Fsp3) is 0.250. The molecule has 8 nitrogen and oxygen atoms in total. The van der Waals surface area contributed by atoms with E-state index in [9.17, 15) is 22.8 Å². The van der Waals surface area contributed by atoms with Crippen LogP contribution in [0.15, 0.2) is 53.4 Å². The Hall–Kier alpha value is -3.20. The fourth-order valence-electron chi connectivity index (χ4n) is 3.12. The van der Waals surface area contributed by atoms with Crippen LogP contribution in [0.25, 0.3) is 0 Å². The van der Waals surface area contributed by atoms with E-state index in [-0.39, 0.29) is 29.0 Å². The molecule has 1 N–H and O–H groups in total. The molecule has 0 bridgehead atoms. The van der Waals surface area contributed by atoms with Gasteiger partial charge < -0.3 is 10.1 Å². The quantitative estimate of drug-likeness (QED) is 0.748. The number of hydrogen-bond acceptors (Lipinski definition) is 6. The lowest BCUT2D eigenvalue weighted by Gasteiger charge is -2.24. The molecule has 0 radical (unpaired) electrons. The van der Waals surface area contributed by atoms with E-state index in [0.717, 1.165) is 5.56 Å². The maximum absolute atomic E-state index is 13.0. The van der Waals surface area contributed by atoms with E-state index in [2.05, 4.69) is 5.32 Å². The molecule has 2 aromatic rings. The van der Waals surface area contributed by atoms with Gasteiger partial charge in [-0.2, -0.15) is 0 Å². The van der Waals surface area contributed by atoms with Gasteiger partial charge in [-0.25, -0.2) is 17.5 Å². The second kappa shape index (κ2) is 8.04. The molecule has 152 valence electrons. The molecule has 1 aliphatic rings. The number of ether oxygens (including phenoxy) is 1. The molecule has 2 amide bonds. The normalized spacial score (nSPS) is 16.6. The summed E-state index contributed by atoms with van der Waals surface area (Å²) in [5.41, 5.74) is 1.17. The van der Waals surface area contributed by atoms with E-state index in [1.165, 1.54) is 31.4 Å². The molecule has 0 saturated carbocycles. The first kappa shape index (κ1) is 20.5. The largest absolute Gasteiger partial charge is 0.465 e. The van der Waals surface area contributed by atoms with Crippen LogP contribution in [0.4, 0.5) is 5.69 Å². The summed E-state index contributed by atoms with van der Waals surface area (Å²) in [5, 5.41) is 2.55. The van der Waals surface area contributed by atoms with Gasteiger partial charge in [0.05, 0.1) is 23.3 Å². The Bertz CT molecular complexity index is 1060. The SMILES string of the molecule is COC(=O)c1ccccc1NC(=O)[C@@H]1CCC(=O)N1S(=O)(=O)c1ccc(C)cc1. The van der Waals surface area contributed by atoms with E-state index < -0.39 is 33.8 Å². The number of para-hydroxylation sites is 1. The van der Waals surface area contributed by atoms with Crippen LogP contribution >= 0.6 is 0 Å². The molecule has 1 aliphatic heterocycles. The number of amides is 2. The van der Waals surface area contributed by atoms with Crippen LogP contribution in [0.1, 0.15) is 28.8 Å². The van der Waals surface area contributed by atoms with E-state index in [1.807, 2.05) is 6.92 Å². The molecule has 1 fully saturated rings. The molecule has 29 heavy (non-hydrogen) atoms. The Kier molecular flexibility index (Phi) is 5.69. The highest BCUT2D eigenvalue weighted by Crippen LogP contribution is 2.29. The zero-order chi connectivity index (χ0) is 21.2. The minimum atomic E-state index is -4.19. The van der Waals surface area contributed by atoms with Gasteiger partial charge in [0.15, 0.2) is 0 Å². The number of nitrogens with one attached hydrogen (secondary N) is 1. The van der Waals surface area contributed by atoms with Gasteiger partial charge in [-0.1, -0.05) is 29.8 Å². The van der Waals surface area contributed by atoms with E-state index in [0.29, 0.717) is 4.31 Å². The smallest absolute Gasteiger partial charge is 0.339 e. The lowest BCUT2D eigenvalue weighted by atomic mass is 10.1. The predicted octanol–water partition coefficient (Wildman–Crippen LogP) is 2.10. The minimum absolute atomic E-state index is 0.0517. The summed E-state index contributed by atoms with van der Waals surface area (Å²) in [4.78, 5) is 37.0. The van der Waals surface area contributed by atoms with Crippen molar-refractivity contribution in [1.29, 1.82) is 0 Å². The summed E-state index contributed by atoms with van der Waals surface area (Å²) in [7, 11) is -2.98. The second-order valence-electron chi connectivity index (χ2n) is 6.59. The second-order valence-corrected chi connectivity index (χ2v) is 8.40. The number of methoxy groups -OCH3 is 1. The van der Waals surface area contributed by atoms with Crippen molar-refractivity contribution >= 4 is 33.5 Å². The molecule has 0 aromatic heterocycles. The lowest BCUT2D eigenvalue weighted by molar-refractivity contribution is -0.128. The zero-order valence-corrected chi connectivity index (χ0v) is 16.7. The van der Waals surface area contributed by atoms with Gasteiger partial charge in [-0.3, -0.25) is 9.59 Å². The Balaban J connectivity index is 1.90. The van der Waals surface area contributed by atoms with E-state index >= 15 is 0 Å². The summed E-state index contributed by atoms with van der Waals surface area (Å²) in [6, 6.07) is 11.0. The molecule has 9 heteroatoms. The van der Waals surface area contributed by atoms with Crippen LogP contribution in [0.5, 0.6) is 0 Å². The highest BCUT2D eigenvalue weighted by atomic mass is 32.2. The number of nitrogens with zero attached hydrogens (tertiary/aromatic N) is 1. The van der Waals surface area contributed by atoms with Crippen LogP contribution in [-0.4, -0.2) is 43.7 Å². The molecule has 0 unspecified atom stereocenters. The molecule has 1 heterocycles. The van der Waals surface area contributed by atoms with Crippen molar-refractivity contribution in [3.63, 3.8) is 0 Å². The van der Waals surface area contributed by atoms with Gasteiger partial charge in [0, 0.05) is 6.42 Å². The molecule has 0 spiro atoms. The predicted molar refractivity (Wildman–Crippen MR) is 105 cm³/mol. The van der Waals surface area contributed by atoms with Crippen LogP contribution in [0, 0.1) is 6.92 Å². The number of sulfonamides is 1. The number of carbonyl (C=O) groups excluding carboxylic acids is 3. The maximum Gasteiger partial charge on any atom is 0.339 e.